The molecule has 0 spiro atoms. The summed E-state index contributed by atoms with van der Waals surface area (Å²) in [4.78, 5) is 6.65. The number of fused-ring (bicyclic) bond motifs is 1. The fraction of sp³-hybridized carbons (Fsp3) is 0.391. The van der Waals surface area contributed by atoms with Crippen molar-refractivity contribution in [3.63, 3.8) is 0 Å². The Kier molecular flexibility index (Phi) is 6.39. The van der Waals surface area contributed by atoms with Gasteiger partial charge in [0.2, 0.25) is 5.82 Å². The molecule has 164 valence electrons. The molecule has 0 fully saturated rings. The topological polar surface area (TPSA) is 101 Å². The van der Waals surface area contributed by atoms with Crippen molar-refractivity contribution in [2.45, 2.75) is 26.3 Å². The fourth-order valence-corrected chi connectivity index (χ4v) is 3.94. The molecule has 1 aliphatic heterocycles. The zero-order valence-corrected chi connectivity index (χ0v) is 17.7. The average molecular weight is 425 g/mol. The van der Waals surface area contributed by atoms with Crippen LogP contribution in [0.5, 0.6) is 11.5 Å². The van der Waals surface area contributed by atoms with E-state index >= 15 is 0 Å². The Labute approximate surface area is 181 Å². The first-order valence-corrected chi connectivity index (χ1v) is 10.5. The van der Waals surface area contributed by atoms with Crippen LogP contribution in [-0.4, -0.2) is 59.4 Å². The molecule has 1 aromatic heterocycles. The summed E-state index contributed by atoms with van der Waals surface area (Å²) in [6.45, 7) is 5.43. The number of hydrogen-bond acceptors (Lipinski definition) is 8. The third-order valence-corrected chi connectivity index (χ3v) is 5.38. The van der Waals surface area contributed by atoms with Gasteiger partial charge in [-0.2, -0.15) is 4.98 Å². The molecule has 2 N–H and O–H groups in total. The van der Waals surface area contributed by atoms with Crippen molar-refractivity contribution in [2.24, 2.45) is 0 Å². The maximum Gasteiger partial charge on any atom is 0.258 e. The molecule has 2 aromatic carbocycles. The van der Waals surface area contributed by atoms with Gasteiger partial charge in [-0.15, -0.1) is 0 Å². The van der Waals surface area contributed by atoms with Crippen molar-refractivity contribution in [2.75, 3.05) is 37.9 Å². The zero-order valence-electron chi connectivity index (χ0n) is 17.7. The van der Waals surface area contributed by atoms with Gasteiger partial charge in [0.15, 0.2) is 11.5 Å². The smallest absolute Gasteiger partial charge is 0.258 e. The molecule has 0 amide bonds. The van der Waals surface area contributed by atoms with E-state index in [0.717, 1.165) is 35.3 Å². The summed E-state index contributed by atoms with van der Waals surface area (Å²) in [5.41, 5.74) is 3.71. The van der Waals surface area contributed by atoms with Crippen LogP contribution < -0.4 is 14.4 Å². The Morgan fingerprint density at radius 1 is 1.06 bits per heavy atom. The molecule has 0 saturated carbocycles. The number of aliphatic hydroxyl groups is 2. The molecular weight excluding hydrogens is 398 g/mol. The van der Waals surface area contributed by atoms with Crippen molar-refractivity contribution in [1.29, 1.82) is 0 Å². The first-order chi connectivity index (χ1) is 15.2. The van der Waals surface area contributed by atoms with E-state index in [9.17, 15) is 10.2 Å². The van der Waals surface area contributed by atoms with Gasteiger partial charge in [0.05, 0.1) is 32.5 Å². The number of aliphatic hydroxyl groups excluding tert-OH is 2. The molecule has 0 saturated heterocycles. The van der Waals surface area contributed by atoms with Crippen LogP contribution in [0.2, 0.25) is 0 Å². The highest BCUT2D eigenvalue weighted by atomic mass is 16.5. The lowest BCUT2D eigenvalue weighted by Gasteiger charge is -2.27. The second-order valence-corrected chi connectivity index (χ2v) is 7.22. The van der Waals surface area contributed by atoms with Gasteiger partial charge in [-0.1, -0.05) is 17.3 Å². The van der Waals surface area contributed by atoms with E-state index in [1.54, 1.807) is 0 Å². The molecule has 0 atom stereocenters. The molecule has 0 unspecified atom stereocenters. The first kappa shape index (κ1) is 21.1. The second kappa shape index (κ2) is 9.36. The van der Waals surface area contributed by atoms with Crippen LogP contribution in [0.15, 0.2) is 40.9 Å². The van der Waals surface area contributed by atoms with E-state index in [1.165, 1.54) is 0 Å². The lowest BCUT2D eigenvalue weighted by Crippen LogP contribution is -2.39. The predicted molar refractivity (Wildman–Crippen MR) is 117 cm³/mol. The molecular formula is C23H27N3O5. The number of nitrogens with zero attached hydrogens (tertiary/aromatic N) is 3. The average Bonchev–Trinajstić information content (AvgIpc) is 3.44. The molecule has 8 nitrogen and oxygen atoms in total. The van der Waals surface area contributed by atoms with Crippen molar-refractivity contribution in [3.05, 3.63) is 42.0 Å². The van der Waals surface area contributed by atoms with Gasteiger partial charge in [-0.25, -0.2) is 0 Å². The summed E-state index contributed by atoms with van der Waals surface area (Å²) in [5.74, 6) is 2.22. The number of rotatable bonds is 9. The van der Waals surface area contributed by atoms with Gasteiger partial charge >= 0.3 is 0 Å². The van der Waals surface area contributed by atoms with Crippen molar-refractivity contribution >= 4 is 5.69 Å². The minimum Gasteiger partial charge on any atom is -0.490 e. The molecule has 1 aliphatic rings. The van der Waals surface area contributed by atoms with Crippen LogP contribution in [0, 0.1) is 0 Å². The second-order valence-electron chi connectivity index (χ2n) is 7.22. The summed E-state index contributed by atoms with van der Waals surface area (Å²) >= 11 is 0. The Balaban J connectivity index is 1.66. The summed E-state index contributed by atoms with van der Waals surface area (Å²) in [7, 11) is 0. The molecule has 0 bridgehead atoms. The van der Waals surface area contributed by atoms with E-state index in [-0.39, 0.29) is 19.3 Å². The Morgan fingerprint density at radius 3 is 2.58 bits per heavy atom. The summed E-state index contributed by atoms with van der Waals surface area (Å²) < 4.78 is 16.9. The van der Waals surface area contributed by atoms with Gasteiger partial charge in [-0.05, 0) is 50.1 Å². The third-order valence-electron chi connectivity index (χ3n) is 5.38. The highest BCUT2D eigenvalue weighted by Gasteiger charge is 2.28. The number of anilines is 1. The maximum atomic E-state index is 9.58. The number of hydrogen-bond donors (Lipinski definition) is 2. The molecule has 3 aromatic rings. The van der Waals surface area contributed by atoms with Gasteiger partial charge in [0, 0.05) is 23.4 Å². The van der Waals surface area contributed by atoms with Crippen LogP contribution in [0.3, 0.4) is 0 Å². The summed E-state index contributed by atoms with van der Waals surface area (Å²) in [5, 5.41) is 23.4. The van der Waals surface area contributed by atoms with Gasteiger partial charge in [-0.3, -0.25) is 0 Å². The number of benzene rings is 2. The largest absolute Gasteiger partial charge is 0.490 e. The third kappa shape index (κ3) is 4.08. The highest BCUT2D eigenvalue weighted by Crippen LogP contribution is 2.37. The van der Waals surface area contributed by atoms with Crippen molar-refractivity contribution < 1.29 is 24.2 Å². The van der Waals surface area contributed by atoms with E-state index < -0.39 is 0 Å². The monoisotopic (exact) mass is 425 g/mol. The van der Waals surface area contributed by atoms with Gasteiger partial charge in [0.25, 0.3) is 5.89 Å². The molecule has 2 heterocycles. The predicted octanol–water partition coefficient (Wildman–Crippen LogP) is 2.92. The lowest BCUT2D eigenvalue weighted by atomic mass is 10.0. The first-order valence-electron chi connectivity index (χ1n) is 10.5. The van der Waals surface area contributed by atoms with Gasteiger partial charge < -0.3 is 29.1 Å². The minimum atomic E-state index is -0.321. The van der Waals surface area contributed by atoms with Crippen LogP contribution in [0.4, 0.5) is 5.69 Å². The zero-order chi connectivity index (χ0) is 21.8. The lowest BCUT2D eigenvalue weighted by molar-refractivity contribution is 0.189. The quantitative estimate of drug-likeness (QED) is 0.540. The summed E-state index contributed by atoms with van der Waals surface area (Å²) in [6, 6.07) is 11.1. The van der Waals surface area contributed by atoms with Crippen LogP contribution >= 0.6 is 0 Å². The minimum absolute atomic E-state index is 0.105. The fourth-order valence-electron chi connectivity index (χ4n) is 3.94. The summed E-state index contributed by atoms with van der Waals surface area (Å²) in [6.07, 6.45) is 0.781. The number of aromatic nitrogens is 2. The molecule has 4 rings (SSSR count). The molecule has 0 radical (unpaired) electrons. The van der Waals surface area contributed by atoms with Crippen molar-refractivity contribution in [1.82, 2.24) is 10.1 Å². The van der Waals surface area contributed by atoms with E-state index in [0.29, 0.717) is 36.4 Å². The Morgan fingerprint density at radius 2 is 1.84 bits per heavy atom. The standard InChI is InChI=1S/C23H27N3O5/c1-3-29-20-9-8-15(12-21(20)30-4-2)23-24-22(25-31-23)18-6-5-7-19-17(18)10-11-26(19)16(13-27)14-28/h5-9,12,16,27-28H,3-4,10-11,13-14H2,1-2H3. The highest BCUT2D eigenvalue weighted by molar-refractivity contribution is 5.74. The molecule has 31 heavy (non-hydrogen) atoms. The Bertz CT molecular complexity index is 1030. The van der Waals surface area contributed by atoms with Crippen LogP contribution in [0.25, 0.3) is 22.8 Å². The SMILES string of the molecule is CCOc1ccc(-c2nc(-c3cccc4c3CCN4C(CO)CO)no2)cc1OCC. The number of ether oxygens (including phenoxy) is 2. The molecule has 8 heteroatoms. The van der Waals surface area contributed by atoms with E-state index in [2.05, 4.69) is 10.1 Å². The van der Waals surface area contributed by atoms with Crippen molar-refractivity contribution in [3.8, 4) is 34.3 Å². The van der Waals surface area contributed by atoms with E-state index in [4.69, 9.17) is 14.0 Å². The van der Waals surface area contributed by atoms with Crippen LogP contribution in [0.1, 0.15) is 19.4 Å². The molecule has 0 aliphatic carbocycles. The normalized spacial score (nSPS) is 13.0. The van der Waals surface area contributed by atoms with E-state index in [1.807, 2.05) is 55.1 Å². The van der Waals surface area contributed by atoms with Gasteiger partial charge in [0.1, 0.15) is 0 Å². The Hall–Kier alpha value is -3.10. The van der Waals surface area contributed by atoms with Crippen LogP contribution in [-0.2, 0) is 6.42 Å². The maximum absolute atomic E-state index is 9.58.